The Morgan fingerprint density at radius 3 is 2.68 bits per heavy atom. The van der Waals surface area contributed by atoms with Gasteiger partial charge in [-0.1, -0.05) is 46.9 Å². The second-order valence-electron chi connectivity index (χ2n) is 3.78. The van der Waals surface area contributed by atoms with E-state index in [0.29, 0.717) is 11.6 Å². The predicted molar refractivity (Wildman–Crippen MR) is 76.9 cm³/mol. The molecule has 98 valence electrons. The maximum atomic E-state index is 11.9. The highest BCUT2D eigenvalue weighted by Crippen LogP contribution is 2.17. The van der Waals surface area contributed by atoms with Crippen molar-refractivity contribution in [2.75, 3.05) is 0 Å². The quantitative estimate of drug-likeness (QED) is 0.871. The molecule has 0 saturated heterocycles. The molecule has 1 aromatic carbocycles. The summed E-state index contributed by atoms with van der Waals surface area (Å²) in [6.07, 6.45) is 0. The number of rotatable bonds is 3. The zero-order chi connectivity index (χ0) is 13.8. The summed E-state index contributed by atoms with van der Waals surface area (Å²) in [5.74, 6) is -0.382. The number of aromatic nitrogens is 1. The van der Waals surface area contributed by atoms with Gasteiger partial charge in [0.15, 0.2) is 0 Å². The lowest BCUT2D eigenvalue weighted by molar-refractivity contribution is 0.0946. The number of nitrogens with one attached hydrogen (secondary N) is 1. The number of amides is 1. The summed E-state index contributed by atoms with van der Waals surface area (Å²) in [5.41, 5.74) is 0.996. The van der Waals surface area contributed by atoms with Crippen molar-refractivity contribution in [3.05, 3.63) is 62.9 Å². The van der Waals surface area contributed by atoms with Crippen molar-refractivity contribution >= 4 is 40.7 Å². The van der Waals surface area contributed by atoms with Crippen LogP contribution in [0.1, 0.15) is 16.1 Å². The van der Waals surface area contributed by atoms with Gasteiger partial charge in [-0.25, -0.2) is 4.98 Å². The lowest BCUT2D eigenvalue weighted by Gasteiger charge is -2.06. The molecule has 2 rings (SSSR count). The molecule has 0 fully saturated rings. The van der Waals surface area contributed by atoms with Crippen LogP contribution in [0.15, 0.2) is 36.4 Å². The topological polar surface area (TPSA) is 42.0 Å². The van der Waals surface area contributed by atoms with Crippen molar-refractivity contribution in [2.45, 2.75) is 6.54 Å². The largest absolute Gasteiger partial charge is 0.347 e. The van der Waals surface area contributed by atoms with Crippen molar-refractivity contribution in [1.82, 2.24) is 10.3 Å². The highest BCUT2D eigenvalue weighted by molar-refractivity contribution is 6.34. The molecule has 19 heavy (non-hydrogen) atoms. The van der Waals surface area contributed by atoms with Gasteiger partial charge in [-0.2, -0.15) is 0 Å². The summed E-state index contributed by atoms with van der Waals surface area (Å²) in [6, 6.07) is 10.3. The Balaban J connectivity index is 2.07. The Labute approximate surface area is 125 Å². The smallest absolute Gasteiger partial charge is 0.271 e. The fourth-order valence-corrected chi connectivity index (χ4v) is 2.04. The normalized spacial score (nSPS) is 10.3. The first-order chi connectivity index (χ1) is 9.06. The summed E-state index contributed by atoms with van der Waals surface area (Å²) >= 11 is 17.5. The summed E-state index contributed by atoms with van der Waals surface area (Å²) in [5, 5.41) is 3.80. The zero-order valence-corrected chi connectivity index (χ0v) is 11.9. The first kappa shape index (κ1) is 14.1. The van der Waals surface area contributed by atoms with Crippen LogP contribution in [0.3, 0.4) is 0 Å². The molecule has 0 aliphatic heterocycles. The molecule has 1 amide bonds. The molecule has 0 spiro atoms. The van der Waals surface area contributed by atoms with E-state index in [2.05, 4.69) is 10.3 Å². The minimum Gasteiger partial charge on any atom is -0.347 e. The number of carbonyl (C=O) groups excluding carboxylic acids is 1. The van der Waals surface area contributed by atoms with Gasteiger partial charge in [-0.3, -0.25) is 4.79 Å². The van der Waals surface area contributed by atoms with Gasteiger partial charge in [0.2, 0.25) is 0 Å². The van der Waals surface area contributed by atoms with Gasteiger partial charge >= 0.3 is 0 Å². The molecule has 0 aliphatic rings. The van der Waals surface area contributed by atoms with E-state index in [1.807, 2.05) is 12.1 Å². The highest BCUT2D eigenvalue weighted by atomic mass is 35.5. The minimum atomic E-state index is -0.382. The molecule has 1 heterocycles. The first-order valence-electron chi connectivity index (χ1n) is 5.41. The number of pyridine rings is 1. The Hall–Kier alpha value is -1.29. The summed E-state index contributed by atoms with van der Waals surface area (Å²) < 4.78 is 0. The Kier molecular flexibility index (Phi) is 4.64. The second-order valence-corrected chi connectivity index (χ2v) is 5.01. The van der Waals surface area contributed by atoms with Gasteiger partial charge < -0.3 is 5.32 Å². The summed E-state index contributed by atoms with van der Waals surface area (Å²) in [6.45, 7) is 0.337. The van der Waals surface area contributed by atoms with E-state index in [-0.39, 0.29) is 21.8 Å². The Morgan fingerprint density at radius 2 is 1.95 bits per heavy atom. The third-order valence-electron chi connectivity index (χ3n) is 2.37. The Bertz CT molecular complexity index is 617. The van der Waals surface area contributed by atoms with E-state index in [9.17, 15) is 4.79 Å². The van der Waals surface area contributed by atoms with Crippen LogP contribution in [-0.4, -0.2) is 10.9 Å². The molecule has 0 aliphatic carbocycles. The van der Waals surface area contributed by atoms with Gasteiger partial charge in [-0.15, -0.1) is 0 Å². The maximum absolute atomic E-state index is 11.9. The minimum absolute atomic E-state index is 0.108. The SMILES string of the molecule is O=C(NCc1cccc(Cl)c1)c1nc(Cl)ccc1Cl. The van der Waals surface area contributed by atoms with Crippen molar-refractivity contribution in [3.8, 4) is 0 Å². The number of hydrogen-bond acceptors (Lipinski definition) is 2. The standard InChI is InChI=1S/C13H9Cl3N2O/c14-9-3-1-2-8(6-9)7-17-13(19)12-10(15)4-5-11(16)18-12/h1-6H,7H2,(H,17,19). The van der Waals surface area contributed by atoms with Crippen LogP contribution >= 0.6 is 34.8 Å². The van der Waals surface area contributed by atoms with Crippen molar-refractivity contribution in [3.63, 3.8) is 0 Å². The molecular formula is C13H9Cl3N2O. The van der Waals surface area contributed by atoms with Crippen LogP contribution in [0.2, 0.25) is 15.2 Å². The van der Waals surface area contributed by atoms with E-state index in [0.717, 1.165) is 5.56 Å². The van der Waals surface area contributed by atoms with Gasteiger partial charge in [0.1, 0.15) is 10.8 Å². The van der Waals surface area contributed by atoms with Crippen molar-refractivity contribution in [1.29, 1.82) is 0 Å². The predicted octanol–water partition coefficient (Wildman–Crippen LogP) is 3.97. The van der Waals surface area contributed by atoms with Gasteiger partial charge in [0.25, 0.3) is 5.91 Å². The van der Waals surface area contributed by atoms with E-state index in [4.69, 9.17) is 34.8 Å². The molecule has 6 heteroatoms. The molecule has 2 aromatic rings. The fraction of sp³-hybridized carbons (Fsp3) is 0.0769. The lowest BCUT2D eigenvalue weighted by atomic mass is 10.2. The molecule has 1 aromatic heterocycles. The number of nitrogens with zero attached hydrogens (tertiary/aromatic N) is 1. The molecule has 3 nitrogen and oxygen atoms in total. The first-order valence-corrected chi connectivity index (χ1v) is 6.54. The van der Waals surface area contributed by atoms with E-state index >= 15 is 0 Å². The van der Waals surface area contributed by atoms with E-state index < -0.39 is 0 Å². The van der Waals surface area contributed by atoms with Crippen LogP contribution in [0.5, 0.6) is 0 Å². The number of halogens is 3. The fourth-order valence-electron chi connectivity index (χ4n) is 1.49. The molecule has 0 radical (unpaired) electrons. The monoisotopic (exact) mass is 314 g/mol. The number of carbonyl (C=O) groups is 1. The second kappa shape index (κ2) is 6.24. The third-order valence-corrected chi connectivity index (χ3v) is 3.12. The van der Waals surface area contributed by atoms with Crippen molar-refractivity contribution in [2.24, 2.45) is 0 Å². The van der Waals surface area contributed by atoms with Crippen LogP contribution in [0.4, 0.5) is 0 Å². The lowest BCUT2D eigenvalue weighted by Crippen LogP contribution is -2.24. The Morgan fingerprint density at radius 1 is 1.16 bits per heavy atom. The number of hydrogen-bond donors (Lipinski definition) is 1. The summed E-state index contributed by atoms with van der Waals surface area (Å²) in [4.78, 5) is 15.8. The van der Waals surface area contributed by atoms with E-state index in [1.54, 1.807) is 12.1 Å². The van der Waals surface area contributed by atoms with Gasteiger partial charge in [-0.05, 0) is 29.8 Å². The van der Waals surface area contributed by atoms with Crippen LogP contribution < -0.4 is 5.32 Å². The molecule has 1 N–H and O–H groups in total. The molecule has 0 atom stereocenters. The number of benzene rings is 1. The van der Waals surface area contributed by atoms with Gasteiger partial charge in [0.05, 0.1) is 5.02 Å². The molecule has 0 unspecified atom stereocenters. The molecular weight excluding hydrogens is 307 g/mol. The van der Waals surface area contributed by atoms with Crippen molar-refractivity contribution < 1.29 is 4.79 Å². The molecule has 0 bridgehead atoms. The van der Waals surface area contributed by atoms with Crippen LogP contribution in [0.25, 0.3) is 0 Å². The third kappa shape index (κ3) is 3.83. The average Bonchev–Trinajstić information content (AvgIpc) is 2.39. The molecule has 0 saturated carbocycles. The maximum Gasteiger partial charge on any atom is 0.271 e. The zero-order valence-electron chi connectivity index (χ0n) is 9.66. The van der Waals surface area contributed by atoms with Crippen LogP contribution in [0, 0.1) is 0 Å². The summed E-state index contributed by atoms with van der Waals surface area (Å²) in [7, 11) is 0. The average molecular weight is 316 g/mol. The van der Waals surface area contributed by atoms with E-state index in [1.165, 1.54) is 12.1 Å². The van der Waals surface area contributed by atoms with Crippen LogP contribution in [-0.2, 0) is 6.54 Å². The van der Waals surface area contributed by atoms with Gasteiger partial charge in [0, 0.05) is 11.6 Å². The highest BCUT2D eigenvalue weighted by Gasteiger charge is 2.12.